The number of amides is 1. The molecule has 2 aromatic rings. The third-order valence-corrected chi connectivity index (χ3v) is 6.90. The number of anilines is 1. The topological polar surface area (TPSA) is 75.7 Å². The van der Waals surface area contributed by atoms with Crippen LogP contribution in [0.15, 0.2) is 59.5 Å². The lowest BCUT2D eigenvalue weighted by Gasteiger charge is -2.25. The Labute approximate surface area is 180 Å². The smallest absolute Gasteiger partial charge is 0.264 e. The quantitative estimate of drug-likeness (QED) is 0.545. The standard InChI is InChI=1S/C23H32N2O4S/c1-4-6-10-19(5-2)17-24-23(26)18-25(20-13-15-21(29-3)16-14-20)30(27,28)22-11-8-7-9-12-22/h7-9,11-16,19H,4-6,10,17-18H2,1-3H3,(H,24,26)/t19-/m1/s1. The number of nitrogens with one attached hydrogen (secondary N) is 1. The van der Waals surface area contributed by atoms with Crippen LogP contribution in [0.5, 0.6) is 5.75 Å². The summed E-state index contributed by atoms with van der Waals surface area (Å²) in [5.74, 6) is 0.691. The lowest BCUT2D eigenvalue weighted by atomic mass is 9.99. The highest BCUT2D eigenvalue weighted by atomic mass is 32.2. The zero-order valence-electron chi connectivity index (χ0n) is 18.0. The number of benzene rings is 2. The Morgan fingerprint density at radius 2 is 1.73 bits per heavy atom. The van der Waals surface area contributed by atoms with E-state index in [1.807, 2.05) is 0 Å². The Kier molecular flexibility index (Phi) is 9.17. The normalized spacial score (nSPS) is 12.2. The fourth-order valence-corrected chi connectivity index (χ4v) is 4.61. The predicted octanol–water partition coefficient (Wildman–Crippen LogP) is 4.22. The highest BCUT2D eigenvalue weighted by molar-refractivity contribution is 7.92. The van der Waals surface area contributed by atoms with E-state index in [2.05, 4.69) is 19.2 Å². The maximum Gasteiger partial charge on any atom is 0.264 e. The minimum atomic E-state index is -3.90. The first-order valence-corrected chi connectivity index (χ1v) is 11.8. The molecule has 164 valence electrons. The molecule has 30 heavy (non-hydrogen) atoms. The Balaban J connectivity index is 2.22. The van der Waals surface area contributed by atoms with Crippen LogP contribution >= 0.6 is 0 Å². The van der Waals surface area contributed by atoms with Gasteiger partial charge in [0.2, 0.25) is 5.91 Å². The van der Waals surface area contributed by atoms with Gasteiger partial charge in [-0.2, -0.15) is 0 Å². The minimum Gasteiger partial charge on any atom is -0.497 e. The van der Waals surface area contributed by atoms with Crippen LogP contribution < -0.4 is 14.4 Å². The molecule has 0 bridgehead atoms. The van der Waals surface area contributed by atoms with Gasteiger partial charge in [-0.25, -0.2) is 8.42 Å². The molecular formula is C23H32N2O4S. The molecule has 0 aliphatic carbocycles. The second kappa shape index (κ2) is 11.6. The zero-order valence-corrected chi connectivity index (χ0v) is 18.8. The molecule has 1 amide bonds. The van der Waals surface area contributed by atoms with Gasteiger partial charge in [0.15, 0.2) is 0 Å². The van der Waals surface area contributed by atoms with Gasteiger partial charge in [0, 0.05) is 6.54 Å². The van der Waals surface area contributed by atoms with Gasteiger partial charge in [-0.3, -0.25) is 9.10 Å². The summed E-state index contributed by atoms with van der Waals surface area (Å²) < 4.78 is 32.9. The van der Waals surface area contributed by atoms with E-state index in [0.29, 0.717) is 23.9 Å². The maximum absolute atomic E-state index is 13.3. The number of sulfonamides is 1. The fraction of sp³-hybridized carbons (Fsp3) is 0.435. The van der Waals surface area contributed by atoms with Crippen molar-refractivity contribution in [2.24, 2.45) is 5.92 Å². The van der Waals surface area contributed by atoms with Crippen molar-refractivity contribution in [1.82, 2.24) is 5.32 Å². The molecule has 0 aromatic heterocycles. The van der Waals surface area contributed by atoms with E-state index in [-0.39, 0.29) is 17.3 Å². The number of methoxy groups -OCH3 is 1. The molecule has 1 atom stereocenters. The number of hydrogen-bond donors (Lipinski definition) is 1. The van der Waals surface area contributed by atoms with Gasteiger partial charge < -0.3 is 10.1 Å². The van der Waals surface area contributed by atoms with Gasteiger partial charge in [0.1, 0.15) is 12.3 Å². The monoisotopic (exact) mass is 432 g/mol. The van der Waals surface area contributed by atoms with Crippen LogP contribution in [0.1, 0.15) is 39.5 Å². The van der Waals surface area contributed by atoms with Crippen LogP contribution in [0.25, 0.3) is 0 Å². The molecule has 0 aliphatic heterocycles. The summed E-state index contributed by atoms with van der Waals surface area (Å²) in [5.41, 5.74) is 0.410. The van der Waals surface area contributed by atoms with Gasteiger partial charge >= 0.3 is 0 Å². The van der Waals surface area contributed by atoms with Crippen molar-refractivity contribution in [3.05, 3.63) is 54.6 Å². The lowest BCUT2D eigenvalue weighted by Crippen LogP contribution is -2.42. The van der Waals surface area contributed by atoms with Crippen LogP contribution in [0.2, 0.25) is 0 Å². The van der Waals surface area contributed by atoms with Crippen molar-refractivity contribution in [1.29, 1.82) is 0 Å². The largest absolute Gasteiger partial charge is 0.497 e. The summed E-state index contributed by atoms with van der Waals surface area (Å²) in [6.45, 7) is 4.52. The Bertz CT molecular complexity index is 883. The van der Waals surface area contributed by atoms with Crippen molar-refractivity contribution >= 4 is 21.6 Å². The molecule has 0 fully saturated rings. The number of ether oxygens (including phenoxy) is 1. The number of carbonyl (C=O) groups excluding carboxylic acids is 1. The molecule has 0 unspecified atom stereocenters. The number of rotatable bonds is 12. The number of unbranched alkanes of at least 4 members (excludes halogenated alkanes) is 1. The van der Waals surface area contributed by atoms with Crippen LogP contribution in [0.3, 0.4) is 0 Å². The average Bonchev–Trinajstić information content (AvgIpc) is 2.78. The van der Waals surface area contributed by atoms with Crippen molar-refractivity contribution in [2.45, 2.75) is 44.4 Å². The maximum atomic E-state index is 13.3. The first kappa shape index (κ1) is 23.7. The molecule has 7 heteroatoms. The number of hydrogen-bond acceptors (Lipinski definition) is 4. The molecule has 2 rings (SSSR count). The van der Waals surface area contributed by atoms with Gasteiger partial charge in [-0.15, -0.1) is 0 Å². The minimum absolute atomic E-state index is 0.142. The molecule has 2 aromatic carbocycles. The molecule has 6 nitrogen and oxygen atoms in total. The SMILES string of the molecule is CCCC[C@@H](CC)CNC(=O)CN(c1ccc(OC)cc1)S(=O)(=O)c1ccccc1. The van der Waals surface area contributed by atoms with Crippen molar-refractivity contribution in [3.8, 4) is 5.75 Å². The number of nitrogens with zero attached hydrogens (tertiary/aromatic N) is 1. The highest BCUT2D eigenvalue weighted by Crippen LogP contribution is 2.25. The molecule has 0 saturated carbocycles. The molecule has 0 spiro atoms. The Hall–Kier alpha value is -2.54. The van der Waals surface area contributed by atoms with Crippen molar-refractivity contribution in [3.63, 3.8) is 0 Å². The highest BCUT2D eigenvalue weighted by Gasteiger charge is 2.27. The Morgan fingerprint density at radius 3 is 2.30 bits per heavy atom. The summed E-state index contributed by atoms with van der Waals surface area (Å²) in [6, 6.07) is 14.8. The lowest BCUT2D eigenvalue weighted by molar-refractivity contribution is -0.119. The van der Waals surface area contributed by atoms with Crippen LogP contribution in [0, 0.1) is 5.92 Å². The number of carbonyl (C=O) groups is 1. The predicted molar refractivity (Wildman–Crippen MR) is 120 cm³/mol. The molecule has 1 N–H and O–H groups in total. The van der Waals surface area contributed by atoms with Crippen molar-refractivity contribution in [2.75, 3.05) is 24.5 Å². The van der Waals surface area contributed by atoms with E-state index >= 15 is 0 Å². The summed E-state index contributed by atoms with van der Waals surface area (Å²) in [5, 5.41) is 2.92. The first-order chi connectivity index (χ1) is 14.4. The summed E-state index contributed by atoms with van der Waals surface area (Å²) in [6.07, 6.45) is 4.27. The van der Waals surface area contributed by atoms with Crippen molar-refractivity contribution < 1.29 is 17.9 Å². The molecule has 0 aliphatic rings. The van der Waals surface area contributed by atoms with Crippen LogP contribution in [-0.2, 0) is 14.8 Å². The average molecular weight is 433 g/mol. The molecular weight excluding hydrogens is 400 g/mol. The van der Waals surface area contributed by atoms with Crippen LogP contribution in [0.4, 0.5) is 5.69 Å². The third-order valence-electron chi connectivity index (χ3n) is 5.11. The second-order valence-electron chi connectivity index (χ2n) is 7.24. The zero-order chi connectivity index (χ0) is 22.0. The van der Waals surface area contributed by atoms with Crippen LogP contribution in [-0.4, -0.2) is 34.5 Å². The second-order valence-corrected chi connectivity index (χ2v) is 9.11. The van der Waals surface area contributed by atoms with E-state index in [9.17, 15) is 13.2 Å². The van der Waals surface area contributed by atoms with Gasteiger partial charge in [0.05, 0.1) is 17.7 Å². The van der Waals surface area contributed by atoms with Gasteiger partial charge in [-0.05, 0) is 48.7 Å². The van der Waals surface area contributed by atoms with Gasteiger partial charge in [-0.1, -0.05) is 51.3 Å². The summed E-state index contributed by atoms with van der Waals surface area (Å²) in [4.78, 5) is 12.8. The van der Waals surface area contributed by atoms with E-state index < -0.39 is 10.0 Å². The van der Waals surface area contributed by atoms with Gasteiger partial charge in [0.25, 0.3) is 10.0 Å². The van der Waals surface area contributed by atoms with E-state index in [1.165, 1.54) is 12.1 Å². The summed E-state index contributed by atoms with van der Waals surface area (Å²) >= 11 is 0. The molecule has 0 radical (unpaired) electrons. The first-order valence-electron chi connectivity index (χ1n) is 10.4. The molecule has 0 heterocycles. The molecule has 0 saturated heterocycles. The third kappa shape index (κ3) is 6.49. The van der Waals surface area contributed by atoms with E-state index in [4.69, 9.17) is 4.74 Å². The van der Waals surface area contributed by atoms with E-state index in [0.717, 1.165) is 30.0 Å². The summed E-state index contributed by atoms with van der Waals surface area (Å²) in [7, 11) is -2.35. The Morgan fingerprint density at radius 1 is 1.07 bits per heavy atom. The van der Waals surface area contributed by atoms with E-state index in [1.54, 1.807) is 49.6 Å². The fourth-order valence-electron chi connectivity index (χ4n) is 3.17.